The molecule has 0 saturated heterocycles. The molecule has 12 N–H and O–H groups in total. The first kappa shape index (κ1) is 40.5. The number of aliphatic imine (C=N–C) groups is 1. The molecule has 49 heavy (non-hydrogen) atoms. The number of aliphatic carboxylic acids is 1. The smallest absolute Gasteiger partial charge is 0.332 e. The molecule has 3 rings (SSSR count). The molecule has 2 aromatic carbocycles. The van der Waals surface area contributed by atoms with Crippen LogP contribution in [0.3, 0.4) is 0 Å². The van der Waals surface area contributed by atoms with Crippen LogP contribution in [0.2, 0.25) is 5.15 Å². The number of hydrogen-bond donors (Lipinski definition) is 9. The molecule has 3 atom stereocenters. The minimum atomic E-state index is -1.23. The van der Waals surface area contributed by atoms with Crippen LogP contribution >= 0.6 is 11.6 Å². The SMILES string of the molecule is COc1cc(C(O)CNC(C)CCCc2ccc(CCCCN=C(N)NC(=O)c3nc(Cl)c(N)nc3N)cc2)ccc1O.C[C@@H](O)C(=O)O. The number of amides is 1. The molecule has 0 aliphatic carbocycles. The third-order valence-electron chi connectivity index (χ3n) is 7.25. The number of carbonyl (C=O) groups excluding carboxylic acids is 1. The number of guanidine groups is 1. The van der Waals surface area contributed by atoms with Crippen molar-refractivity contribution in [1.29, 1.82) is 0 Å². The second kappa shape index (κ2) is 20.6. The van der Waals surface area contributed by atoms with Crippen molar-refractivity contribution in [1.82, 2.24) is 20.6 Å². The number of methoxy groups -OCH3 is 1. The number of halogens is 1. The summed E-state index contributed by atoms with van der Waals surface area (Å²) in [6.45, 7) is 4.18. The third-order valence-corrected chi connectivity index (χ3v) is 7.53. The Bertz CT molecular complexity index is 1540. The van der Waals surface area contributed by atoms with Crippen LogP contribution in [0.25, 0.3) is 0 Å². The molecule has 15 nitrogen and oxygen atoms in total. The van der Waals surface area contributed by atoms with E-state index >= 15 is 0 Å². The number of ether oxygens (including phenoxy) is 1. The lowest BCUT2D eigenvalue weighted by Crippen LogP contribution is -2.38. The fourth-order valence-corrected chi connectivity index (χ4v) is 4.51. The Morgan fingerprint density at radius 1 is 0.980 bits per heavy atom. The number of phenols is 1. The number of benzene rings is 2. The molecule has 16 heteroatoms. The second-order valence-electron chi connectivity index (χ2n) is 11.3. The fraction of sp³-hybridized carbons (Fsp3) is 0.424. The average Bonchev–Trinajstić information content (AvgIpc) is 3.06. The van der Waals surface area contributed by atoms with Gasteiger partial charge >= 0.3 is 5.97 Å². The summed E-state index contributed by atoms with van der Waals surface area (Å²) < 4.78 is 5.12. The fourth-order valence-electron chi connectivity index (χ4n) is 4.38. The maximum atomic E-state index is 12.3. The number of aryl methyl sites for hydroxylation is 2. The standard InChI is InChI=1S/C30H41ClN8O4.C3H6O3/c1-18(36-17-23(41)21-13-14-22(40)24(16-21)43-2)6-5-8-20-11-9-19(10-12-20)7-3-4-15-35-30(34)39-29(42)25-27(32)38-28(33)26(31)37-25;1-2(4)3(5)6/h9-14,16,18,23,36,40-41H,3-8,15,17H2,1-2H3,(H4,32,33,38)(H3,34,35,39,42);2,4H,1H3,(H,5,6)/t;2-/m.1/s1. The molecule has 268 valence electrons. The first-order valence-electron chi connectivity index (χ1n) is 15.7. The van der Waals surface area contributed by atoms with Crippen molar-refractivity contribution in [3.63, 3.8) is 0 Å². The number of aliphatic hydroxyl groups is 2. The number of hydrogen-bond acceptors (Lipinski definition) is 12. The molecule has 0 saturated carbocycles. The van der Waals surface area contributed by atoms with Gasteiger partial charge in [0.25, 0.3) is 5.91 Å². The predicted octanol–water partition coefficient (Wildman–Crippen LogP) is 2.56. The predicted molar refractivity (Wildman–Crippen MR) is 189 cm³/mol. The Labute approximate surface area is 290 Å². The molecule has 0 fully saturated rings. The molecule has 1 aromatic heterocycles. The quantitative estimate of drug-likeness (QED) is 0.0591. The summed E-state index contributed by atoms with van der Waals surface area (Å²) in [5.41, 5.74) is 20.1. The molecular formula is C33H47ClN8O7. The van der Waals surface area contributed by atoms with Gasteiger partial charge in [-0.1, -0.05) is 41.9 Å². The van der Waals surface area contributed by atoms with E-state index in [1.807, 2.05) is 0 Å². The van der Waals surface area contributed by atoms with E-state index in [1.54, 1.807) is 12.1 Å². The highest BCUT2D eigenvalue weighted by Gasteiger charge is 2.17. The van der Waals surface area contributed by atoms with Crippen LogP contribution in [0, 0.1) is 0 Å². The molecule has 1 amide bonds. The summed E-state index contributed by atoms with van der Waals surface area (Å²) >= 11 is 5.81. The summed E-state index contributed by atoms with van der Waals surface area (Å²) in [7, 11) is 1.48. The van der Waals surface area contributed by atoms with Crippen LogP contribution in [0.4, 0.5) is 11.6 Å². The Kier molecular flexibility index (Phi) is 17.0. The van der Waals surface area contributed by atoms with E-state index in [2.05, 4.69) is 56.8 Å². The van der Waals surface area contributed by atoms with Crippen molar-refractivity contribution in [3.8, 4) is 11.5 Å². The molecule has 0 radical (unpaired) electrons. The van der Waals surface area contributed by atoms with Gasteiger partial charge in [0.15, 0.2) is 39.9 Å². The van der Waals surface area contributed by atoms with Crippen LogP contribution in [0.5, 0.6) is 11.5 Å². The highest BCUT2D eigenvalue weighted by molar-refractivity contribution is 6.31. The minimum absolute atomic E-state index is 0.0396. The lowest BCUT2D eigenvalue weighted by atomic mass is 10.0. The van der Waals surface area contributed by atoms with Crippen LogP contribution < -0.4 is 32.6 Å². The summed E-state index contributed by atoms with van der Waals surface area (Å²) in [6.07, 6.45) is 3.69. The summed E-state index contributed by atoms with van der Waals surface area (Å²) in [5.74, 6) is -1.70. The number of carboxylic acids is 1. The molecule has 3 aromatic rings. The number of aromatic hydroxyl groups is 1. The zero-order chi connectivity index (χ0) is 36.5. The van der Waals surface area contributed by atoms with E-state index in [9.17, 15) is 19.8 Å². The van der Waals surface area contributed by atoms with E-state index < -0.39 is 24.1 Å². The lowest BCUT2D eigenvalue weighted by Gasteiger charge is -2.18. The van der Waals surface area contributed by atoms with Gasteiger partial charge in [0.05, 0.1) is 13.2 Å². The van der Waals surface area contributed by atoms with E-state index in [0.29, 0.717) is 24.4 Å². The van der Waals surface area contributed by atoms with Crippen molar-refractivity contribution < 1.29 is 34.8 Å². The Hall–Kier alpha value is -4.70. The van der Waals surface area contributed by atoms with Gasteiger partial charge in [0, 0.05) is 19.1 Å². The number of nitrogens with one attached hydrogen (secondary N) is 2. The molecule has 0 spiro atoms. The maximum Gasteiger partial charge on any atom is 0.332 e. The highest BCUT2D eigenvalue weighted by Crippen LogP contribution is 2.28. The van der Waals surface area contributed by atoms with Crippen LogP contribution in [-0.2, 0) is 17.6 Å². The van der Waals surface area contributed by atoms with Gasteiger partial charge in [-0.2, -0.15) is 0 Å². The summed E-state index contributed by atoms with van der Waals surface area (Å²) in [5, 5.41) is 41.7. The number of phenolic OH excluding ortho intramolecular Hbond substituents is 1. The van der Waals surface area contributed by atoms with Crippen LogP contribution in [-0.4, -0.2) is 80.6 Å². The van der Waals surface area contributed by atoms with Gasteiger partial charge in [0.2, 0.25) is 0 Å². The minimum Gasteiger partial charge on any atom is -0.504 e. The lowest BCUT2D eigenvalue weighted by molar-refractivity contribution is -0.145. The van der Waals surface area contributed by atoms with E-state index in [0.717, 1.165) is 38.5 Å². The maximum absolute atomic E-state index is 12.3. The Balaban J connectivity index is 0.00000127. The van der Waals surface area contributed by atoms with Crippen molar-refractivity contribution in [2.75, 3.05) is 31.7 Å². The Morgan fingerprint density at radius 3 is 2.18 bits per heavy atom. The number of nitrogens with two attached hydrogens (primary N) is 3. The number of carboxylic acid groups (broad SMARTS) is 1. The first-order valence-corrected chi connectivity index (χ1v) is 16.1. The number of rotatable bonds is 16. The molecule has 1 heterocycles. The molecule has 0 aliphatic heterocycles. The zero-order valence-corrected chi connectivity index (χ0v) is 28.7. The number of nitrogen functional groups attached to an aromatic ring is 2. The van der Waals surface area contributed by atoms with Gasteiger partial charge in [0.1, 0.15) is 6.10 Å². The third kappa shape index (κ3) is 14.5. The van der Waals surface area contributed by atoms with Gasteiger partial charge in [-0.3, -0.25) is 15.1 Å². The van der Waals surface area contributed by atoms with Crippen LogP contribution in [0.1, 0.15) is 72.8 Å². The van der Waals surface area contributed by atoms with Crippen molar-refractivity contribution >= 4 is 41.1 Å². The molecule has 0 aliphatic rings. The number of aliphatic hydroxyl groups excluding tert-OH is 2. The van der Waals surface area contributed by atoms with Gasteiger partial charge < -0.3 is 47.7 Å². The summed E-state index contributed by atoms with van der Waals surface area (Å²) in [4.78, 5) is 33.5. The number of anilines is 2. The largest absolute Gasteiger partial charge is 0.504 e. The van der Waals surface area contributed by atoms with Gasteiger partial charge in [-0.25, -0.2) is 14.8 Å². The number of unbranched alkanes of at least 4 members (excludes halogenated alkanes) is 1. The number of aromatic nitrogens is 2. The normalized spacial score (nSPS) is 13.1. The van der Waals surface area contributed by atoms with E-state index in [4.69, 9.17) is 43.8 Å². The molecule has 2 unspecified atom stereocenters. The monoisotopic (exact) mass is 702 g/mol. The van der Waals surface area contributed by atoms with E-state index in [-0.39, 0.29) is 40.2 Å². The number of carbonyl (C=O) groups is 2. The first-order chi connectivity index (χ1) is 23.2. The van der Waals surface area contributed by atoms with E-state index in [1.165, 1.54) is 31.2 Å². The van der Waals surface area contributed by atoms with Crippen LogP contribution in [0.15, 0.2) is 47.5 Å². The topological polar surface area (TPSA) is 265 Å². The van der Waals surface area contributed by atoms with Crippen molar-refractivity contribution in [3.05, 3.63) is 70.0 Å². The molecular weight excluding hydrogens is 656 g/mol. The number of nitrogens with zero attached hydrogens (tertiary/aromatic N) is 3. The van der Waals surface area contributed by atoms with Gasteiger partial charge in [-0.15, -0.1) is 0 Å². The van der Waals surface area contributed by atoms with Gasteiger partial charge in [-0.05, 0) is 81.2 Å². The Morgan fingerprint density at radius 2 is 1.59 bits per heavy atom. The highest BCUT2D eigenvalue weighted by atomic mass is 35.5. The van der Waals surface area contributed by atoms with Crippen molar-refractivity contribution in [2.45, 2.75) is 70.6 Å². The second-order valence-corrected chi connectivity index (χ2v) is 11.6. The zero-order valence-electron chi connectivity index (χ0n) is 27.9. The average molecular weight is 703 g/mol. The van der Waals surface area contributed by atoms with Crippen molar-refractivity contribution in [2.24, 2.45) is 10.7 Å². The summed E-state index contributed by atoms with van der Waals surface area (Å²) in [6, 6.07) is 13.8. The molecule has 0 bridgehead atoms.